The highest BCUT2D eigenvalue weighted by Crippen LogP contribution is 2.13. The predicted octanol–water partition coefficient (Wildman–Crippen LogP) is 3.59. The summed E-state index contributed by atoms with van der Waals surface area (Å²) in [6.07, 6.45) is 3.19. The van der Waals surface area contributed by atoms with Gasteiger partial charge in [-0.15, -0.1) is 0 Å². The molecule has 4 heteroatoms. The monoisotopic (exact) mass is 246 g/mol. The number of rotatable bonds is 8. The van der Waals surface area contributed by atoms with Crippen LogP contribution in [0.3, 0.4) is 0 Å². The average Bonchev–Trinajstić information content (AvgIpc) is 2.22. The van der Waals surface area contributed by atoms with Gasteiger partial charge in [0, 0.05) is 12.8 Å². The molecule has 1 atom stereocenters. The van der Waals surface area contributed by atoms with Crippen molar-refractivity contribution < 1.29 is 19.3 Å². The zero-order chi connectivity index (χ0) is 13.3. The zero-order valence-electron chi connectivity index (χ0n) is 11.7. The van der Waals surface area contributed by atoms with Crippen molar-refractivity contribution in [1.29, 1.82) is 0 Å². The average molecular weight is 246 g/mol. The Labute approximate surface area is 105 Å². The number of hydrogen-bond acceptors (Lipinski definition) is 4. The summed E-state index contributed by atoms with van der Waals surface area (Å²) in [7, 11) is 0. The van der Waals surface area contributed by atoms with E-state index in [-0.39, 0.29) is 5.97 Å². The summed E-state index contributed by atoms with van der Waals surface area (Å²) in [4.78, 5) is 21.8. The fraction of sp³-hybridized carbons (Fsp3) is 0.923. The molecule has 0 aromatic rings. The molecule has 0 aromatic carbocycles. The molecule has 0 radical (unpaired) electrons. The third kappa shape index (κ3) is 10.3. The normalized spacial score (nSPS) is 13.5. The molecule has 0 aliphatic rings. The van der Waals surface area contributed by atoms with Gasteiger partial charge in [-0.1, -0.05) is 26.7 Å². The Kier molecular flexibility index (Phi) is 8.17. The predicted molar refractivity (Wildman–Crippen MR) is 66.2 cm³/mol. The maximum Gasteiger partial charge on any atom is 0.308 e. The Morgan fingerprint density at radius 2 is 1.82 bits per heavy atom. The summed E-state index contributed by atoms with van der Waals surface area (Å²) in [6, 6.07) is 0. The highest BCUT2D eigenvalue weighted by Gasteiger charge is 2.19. The van der Waals surface area contributed by atoms with Crippen molar-refractivity contribution in [3.05, 3.63) is 0 Å². The van der Waals surface area contributed by atoms with Gasteiger partial charge < -0.3 is 4.74 Å². The molecule has 0 saturated carbocycles. The van der Waals surface area contributed by atoms with Gasteiger partial charge in [-0.2, -0.15) is 4.89 Å². The fourth-order valence-electron chi connectivity index (χ4n) is 1.09. The van der Waals surface area contributed by atoms with Gasteiger partial charge in [-0.3, -0.25) is 4.79 Å². The van der Waals surface area contributed by atoms with Gasteiger partial charge in [0.1, 0.15) is 0 Å². The molecule has 1 unspecified atom stereocenters. The first-order valence-electron chi connectivity index (χ1n) is 6.43. The van der Waals surface area contributed by atoms with Crippen LogP contribution < -0.4 is 0 Å². The molecule has 0 fully saturated rings. The summed E-state index contributed by atoms with van der Waals surface area (Å²) in [6.45, 7) is 9.70. The van der Waals surface area contributed by atoms with Crippen LogP contribution in [0.4, 0.5) is 0 Å². The number of carbonyl (C=O) groups is 1. The molecule has 0 spiro atoms. The topological polar surface area (TPSA) is 44.8 Å². The van der Waals surface area contributed by atoms with Gasteiger partial charge in [-0.25, -0.2) is 4.89 Å². The fourth-order valence-corrected chi connectivity index (χ4v) is 1.09. The van der Waals surface area contributed by atoms with Gasteiger partial charge in [-0.05, 0) is 27.2 Å². The van der Waals surface area contributed by atoms with E-state index in [4.69, 9.17) is 14.5 Å². The van der Waals surface area contributed by atoms with Crippen LogP contribution in [0, 0.1) is 0 Å². The van der Waals surface area contributed by atoms with Crippen molar-refractivity contribution in [2.24, 2.45) is 0 Å². The third-order valence-corrected chi connectivity index (χ3v) is 1.93. The van der Waals surface area contributed by atoms with E-state index in [1.165, 1.54) is 0 Å². The van der Waals surface area contributed by atoms with Crippen molar-refractivity contribution in [2.75, 3.05) is 0 Å². The van der Waals surface area contributed by atoms with Crippen LogP contribution in [-0.2, 0) is 19.3 Å². The molecule has 4 nitrogen and oxygen atoms in total. The van der Waals surface area contributed by atoms with Gasteiger partial charge in [0.25, 0.3) is 0 Å². The maximum atomic E-state index is 11.5. The minimum absolute atomic E-state index is 0.220. The third-order valence-electron chi connectivity index (χ3n) is 1.93. The van der Waals surface area contributed by atoms with Crippen LogP contribution >= 0.6 is 0 Å². The Hall–Kier alpha value is -0.610. The molecule has 0 amide bonds. The summed E-state index contributed by atoms with van der Waals surface area (Å²) < 4.78 is 5.20. The summed E-state index contributed by atoms with van der Waals surface area (Å²) in [5, 5.41) is 0. The van der Waals surface area contributed by atoms with E-state index in [2.05, 4.69) is 0 Å². The van der Waals surface area contributed by atoms with Crippen molar-refractivity contribution >= 4 is 5.97 Å². The second-order valence-electron chi connectivity index (χ2n) is 5.10. The van der Waals surface area contributed by atoms with Crippen molar-refractivity contribution in [3.8, 4) is 0 Å². The van der Waals surface area contributed by atoms with Crippen molar-refractivity contribution in [3.63, 3.8) is 0 Å². The lowest BCUT2D eigenvalue weighted by molar-refractivity contribution is -0.410. The molecule has 0 aromatic heterocycles. The quantitative estimate of drug-likeness (QED) is 0.284. The number of unbranched alkanes of at least 4 members (excludes halogenated alkanes) is 1. The van der Waals surface area contributed by atoms with Crippen LogP contribution in [0.2, 0.25) is 0 Å². The summed E-state index contributed by atoms with van der Waals surface area (Å²) >= 11 is 0. The second kappa shape index (κ2) is 8.48. The minimum atomic E-state index is -0.594. The van der Waals surface area contributed by atoms with E-state index in [1.54, 1.807) is 0 Å². The van der Waals surface area contributed by atoms with Crippen molar-refractivity contribution in [1.82, 2.24) is 0 Å². The molecule has 0 heterocycles. The Balaban J connectivity index is 4.01. The second-order valence-corrected chi connectivity index (χ2v) is 5.10. The zero-order valence-corrected chi connectivity index (χ0v) is 11.7. The molecule has 0 aliphatic carbocycles. The molecule has 0 bridgehead atoms. The smallest absolute Gasteiger partial charge is 0.308 e. The highest BCUT2D eigenvalue weighted by atomic mass is 17.2. The maximum absolute atomic E-state index is 11.5. The van der Waals surface area contributed by atoms with Crippen LogP contribution in [0.15, 0.2) is 0 Å². The lowest BCUT2D eigenvalue weighted by Crippen LogP contribution is -2.27. The molecule has 17 heavy (non-hydrogen) atoms. The van der Waals surface area contributed by atoms with Crippen molar-refractivity contribution in [2.45, 2.75) is 78.6 Å². The van der Waals surface area contributed by atoms with E-state index in [1.807, 2.05) is 34.6 Å². The summed E-state index contributed by atoms with van der Waals surface area (Å²) in [5.74, 6) is -0.220. The lowest BCUT2D eigenvalue weighted by atomic mass is 10.2. The first-order valence-corrected chi connectivity index (χ1v) is 6.43. The Morgan fingerprint density at radius 1 is 1.18 bits per heavy atom. The Morgan fingerprint density at radius 3 is 2.29 bits per heavy atom. The van der Waals surface area contributed by atoms with Gasteiger partial charge in [0.2, 0.25) is 6.29 Å². The lowest BCUT2D eigenvalue weighted by Gasteiger charge is -2.22. The minimum Gasteiger partial charge on any atom is -0.433 e. The van der Waals surface area contributed by atoms with Crippen LogP contribution in [0.5, 0.6) is 0 Å². The first kappa shape index (κ1) is 16.4. The van der Waals surface area contributed by atoms with E-state index in [0.717, 1.165) is 19.3 Å². The number of carbonyl (C=O) groups excluding carboxylic acids is 1. The molecule has 0 N–H and O–H groups in total. The first-order chi connectivity index (χ1) is 7.89. The molecule has 0 rings (SSSR count). The van der Waals surface area contributed by atoms with E-state index < -0.39 is 11.9 Å². The number of esters is 1. The van der Waals surface area contributed by atoms with E-state index >= 15 is 0 Å². The van der Waals surface area contributed by atoms with Gasteiger partial charge in [0.15, 0.2) is 0 Å². The standard InChI is InChI=1S/C13H26O4/c1-6-8-10-11(14)15-12(9-7-2)16-17-13(3,4)5/h12H,6-10H2,1-5H3. The highest BCUT2D eigenvalue weighted by molar-refractivity contribution is 5.69. The van der Waals surface area contributed by atoms with E-state index in [0.29, 0.717) is 12.8 Å². The molecule has 102 valence electrons. The molecule has 0 saturated heterocycles. The van der Waals surface area contributed by atoms with Gasteiger partial charge >= 0.3 is 5.97 Å². The van der Waals surface area contributed by atoms with E-state index in [9.17, 15) is 4.79 Å². The Bertz CT molecular complexity index is 208. The van der Waals surface area contributed by atoms with Crippen LogP contribution in [-0.4, -0.2) is 17.9 Å². The number of hydrogen-bond donors (Lipinski definition) is 0. The molecular formula is C13H26O4. The SMILES string of the molecule is CCCCC(=O)OC(CCC)OOC(C)(C)C. The van der Waals surface area contributed by atoms with Crippen LogP contribution in [0.25, 0.3) is 0 Å². The van der Waals surface area contributed by atoms with Gasteiger partial charge in [0.05, 0.1) is 5.60 Å². The summed E-state index contributed by atoms with van der Waals surface area (Å²) in [5.41, 5.74) is -0.401. The largest absolute Gasteiger partial charge is 0.433 e. The molecule has 0 aliphatic heterocycles. The number of ether oxygens (including phenoxy) is 1. The van der Waals surface area contributed by atoms with Crippen LogP contribution in [0.1, 0.15) is 66.7 Å². The molecular weight excluding hydrogens is 220 g/mol.